The number of hydrogen-bond donors (Lipinski definition) is 3. The molecule has 0 saturated carbocycles. The number of benzene rings is 2. The molecule has 3 N–H and O–H groups in total. The third-order valence-corrected chi connectivity index (χ3v) is 4.42. The Kier molecular flexibility index (Phi) is 6.68. The summed E-state index contributed by atoms with van der Waals surface area (Å²) >= 11 is 0. The van der Waals surface area contributed by atoms with E-state index in [9.17, 15) is 4.79 Å². The van der Waals surface area contributed by atoms with E-state index in [1.54, 1.807) is 0 Å². The van der Waals surface area contributed by atoms with Gasteiger partial charge in [0.05, 0.1) is 6.54 Å². The SMILES string of the molecule is CCNC(=NCC(=O)NCc1ccccc1)NCc1oc2ccccc2c1C. The lowest BCUT2D eigenvalue weighted by atomic mass is 10.1. The van der Waals surface area contributed by atoms with Gasteiger partial charge in [0.25, 0.3) is 0 Å². The van der Waals surface area contributed by atoms with Gasteiger partial charge in [-0.3, -0.25) is 4.79 Å². The Morgan fingerprint density at radius 3 is 2.46 bits per heavy atom. The number of nitrogens with zero attached hydrogens (tertiary/aromatic N) is 1. The lowest BCUT2D eigenvalue weighted by molar-refractivity contribution is -0.119. The summed E-state index contributed by atoms with van der Waals surface area (Å²) in [6.45, 7) is 5.79. The number of aryl methyl sites for hydroxylation is 1. The summed E-state index contributed by atoms with van der Waals surface area (Å²) in [6, 6.07) is 17.8. The number of amides is 1. The highest BCUT2D eigenvalue weighted by Gasteiger charge is 2.10. The van der Waals surface area contributed by atoms with Crippen molar-refractivity contribution in [2.45, 2.75) is 26.9 Å². The van der Waals surface area contributed by atoms with Gasteiger partial charge >= 0.3 is 0 Å². The third kappa shape index (κ3) is 5.13. The van der Waals surface area contributed by atoms with Crippen LogP contribution in [0.3, 0.4) is 0 Å². The smallest absolute Gasteiger partial charge is 0.242 e. The molecular formula is C22H26N4O2. The molecule has 1 aromatic heterocycles. The van der Waals surface area contributed by atoms with Crippen LogP contribution in [0.1, 0.15) is 23.8 Å². The highest BCUT2D eigenvalue weighted by atomic mass is 16.3. The normalized spacial score (nSPS) is 11.4. The fraction of sp³-hybridized carbons (Fsp3) is 0.273. The number of fused-ring (bicyclic) bond motifs is 1. The summed E-state index contributed by atoms with van der Waals surface area (Å²) in [7, 11) is 0. The van der Waals surface area contributed by atoms with E-state index in [-0.39, 0.29) is 12.5 Å². The highest BCUT2D eigenvalue weighted by molar-refractivity contribution is 5.85. The molecule has 146 valence electrons. The number of nitrogens with one attached hydrogen (secondary N) is 3. The summed E-state index contributed by atoms with van der Waals surface area (Å²) in [5.74, 6) is 1.32. The van der Waals surface area contributed by atoms with Crippen molar-refractivity contribution >= 4 is 22.8 Å². The minimum atomic E-state index is -0.124. The summed E-state index contributed by atoms with van der Waals surface area (Å²) in [4.78, 5) is 16.4. The van der Waals surface area contributed by atoms with Gasteiger partial charge in [-0.05, 0) is 25.5 Å². The van der Waals surface area contributed by atoms with Crippen LogP contribution in [-0.2, 0) is 17.9 Å². The van der Waals surface area contributed by atoms with Gasteiger partial charge in [0.15, 0.2) is 5.96 Å². The first-order chi connectivity index (χ1) is 13.7. The van der Waals surface area contributed by atoms with Crippen molar-refractivity contribution in [3.05, 3.63) is 71.5 Å². The molecule has 0 aliphatic rings. The maximum absolute atomic E-state index is 12.1. The monoisotopic (exact) mass is 378 g/mol. The Balaban J connectivity index is 1.56. The lowest BCUT2D eigenvalue weighted by Gasteiger charge is -2.10. The van der Waals surface area contributed by atoms with E-state index in [1.807, 2.05) is 68.4 Å². The van der Waals surface area contributed by atoms with Gasteiger partial charge in [0.2, 0.25) is 5.91 Å². The summed E-state index contributed by atoms with van der Waals surface area (Å²) < 4.78 is 5.92. The van der Waals surface area contributed by atoms with Gasteiger partial charge in [0.1, 0.15) is 17.9 Å². The van der Waals surface area contributed by atoms with E-state index in [0.717, 1.165) is 27.9 Å². The number of furan rings is 1. The topological polar surface area (TPSA) is 78.7 Å². The number of carbonyl (C=O) groups excluding carboxylic acids is 1. The van der Waals surface area contributed by atoms with Crippen molar-refractivity contribution in [1.29, 1.82) is 0 Å². The van der Waals surface area contributed by atoms with E-state index in [2.05, 4.69) is 20.9 Å². The Morgan fingerprint density at radius 2 is 1.71 bits per heavy atom. The average Bonchev–Trinajstić information content (AvgIpc) is 3.05. The molecule has 1 heterocycles. The number of aliphatic imine (C=N–C) groups is 1. The van der Waals surface area contributed by atoms with Crippen LogP contribution < -0.4 is 16.0 Å². The van der Waals surface area contributed by atoms with Crippen molar-refractivity contribution in [1.82, 2.24) is 16.0 Å². The summed E-state index contributed by atoms with van der Waals surface area (Å²) in [5.41, 5.74) is 3.05. The molecule has 0 aliphatic heterocycles. The van der Waals surface area contributed by atoms with Crippen molar-refractivity contribution in [3.8, 4) is 0 Å². The fourth-order valence-corrected chi connectivity index (χ4v) is 2.90. The third-order valence-electron chi connectivity index (χ3n) is 4.42. The molecule has 0 atom stereocenters. The molecule has 28 heavy (non-hydrogen) atoms. The van der Waals surface area contributed by atoms with Crippen LogP contribution in [0.15, 0.2) is 64.0 Å². The van der Waals surface area contributed by atoms with E-state index < -0.39 is 0 Å². The molecule has 0 radical (unpaired) electrons. The summed E-state index contributed by atoms with van der Waals surface area (Å²) in [6.07, 6.45) is 0. The number of hydrogen-bond acceptors (Lipinski definition) is 3. The van der Waals surface area contributed by atoms with Gasteiger partial charge in [0, 0.05) is 24.0 Å². The van der Waals surface area contributed by atoms with Crippen molar-refractivity contribution < 1.29 is 9.21 Å². The van der Waals surface area contributed by atoms with Crippen LogP contribution in [-0.4, -0.2) is 25.0 Å². The number of guanidine groups is 1. The number of rotatable bonds is 7. The van der Waals surface area contributed by atoms with E-state index in [1.165, 1.54) is 0 Å². The summed E-state index contributed by atoms with van der Waals surface area (Å²) in [5, 5.41) is 10.4. The standard InChI is InChI=1S/C22H26N4O2/c1-3-23-22(26-15-21(27)24-13-17-9-5-4-6-10-17)25-14-20-16(2)18-11-7-8-12-19(18)28-20/h4-12H,3,13-15H2,1-2H3,(H,24,27)(H2,23,25,26). The average molecular weight is 378 g/mol. The van der Waals surface area contributed by atoms with Crippen molar-refractivity contribution in [3.63, 3.8) is 0 Å². The molecule has 0 fully saturated rings. The fourth-order valence-electron chi connectivity index (χ4n) is 2.90. The van der Waals surface area contributed by atoms with Gasteiger partial charge in [-0.15, -0.1) is 0 Å². The molecule has 3 rings (SSSR count). The maximum atomic E-state index is 12.1. The number of carbonyl (C=O) groups is 1. The van der Waals surface area contributed by atoms with Crippen LogP contribution in [0, 0.1) is 6.92 Å². The first kappa shape index (κ1) is 19.5. The second kappa shape index (κ2) is 9.60. The lowest BCUT2D eigenvalue weighted by Crippen LogP contribution is -2.38. The quantitative estimate of drug-likeness (QED) is 0.436. The Morgan fingerprint density at radius 1 is 0.964 bits per heavy atom. The predicted octanol–water partition coefficient (Wildman–Crippen LogP) is 3.11. The first-order valence-corrected chi connectivity index (χ1v) is 9.47. The zero-order chi connectivity index (χ0) is 19.8. The molecule has 0 bridgehead atoms. The zero-order valence-electron chi connectivity index (χ0n) is 16.3. The molecule has 2 aromatic carbocycles. The van der Waals surface area contributed by atoms with Crippen molar-refractivity contribution in [2.24, 2.45) is 4.99 Å². The Hall–Kier alpha value is -3.28. The molecule has 0 aliphatic carbocycles. The van der Waals surface area contributed by atoms with E-state index in [4.69, 9.17) is 4.42 Å². The van der Waals surface area contributed by atoms with Crippen LogP contribution in [0.2, 0.25) is 0 Å². The molecule has 0 saturated heterocycles. The minimum absolute atomic E-state index is 0.0568. The molecule has 6 nitrogen and oxygen atoms in total. The van der Waals surface area contributed by atoms with E-state index >= 15 is 0 Å². The highest BCUT2D eigenvalue weighted by Crippen LogP contribution is 2.24. The largest absolute Gasteiger partial charge is 0.459 e. The van der Waals surface area contributed by atoms with Gasteiger partial charge in [-0.2, -0.15) is 0 Å². The van der Waals surface area contributed by atoms with Gasteiger partial charge in [-0.1, -0.05) is 48.5 Å². The minimum Gasteiger partial charge on any atom is -0.459 e. The Labute approximate surface area is 165 Å². The van der Waals surface area contributed by atoms with Crippen LogP contribution >= 0.6 is 0 Å². The van der Waals surface area contributed by atoms with Crippen LogP contribution in [0.5, 0.6) is 0 Å². The molecule has 1 amide bonds. The second-order valence-electron chi connectivity index (χ2n) is 6.46. The molecule has 0 unspecified atom stereocenters. The molecule has 3 aromatic rings. The maximum Gasteiger partial charge on any atom is 0.242 e. The predicted molar refractivity (Wildman–Crippen MR) is 112 cm³/mol. The van der Waals surface area contributed by atoms with Gasteiger partial charge in [-0.25, -0.2) is 4.99 Å². The molecule has 6 heteroatoms. The zero-order valence-corrected chi connectivity index (χ0v) is 16.3. The van der Waals surface area contributed by atoms with Crippen LogP contribution in [0.25, 0.3) is 11.0 Å². The first-order valence-electron chi connectivity index (χ1n) is 9.47. The van der Waals surface area contributed by atoms with Crippen LogP contribution in [0.4, 0.5) is 0 Å². The number of para-hydroxylation sites is 1. The molecule has 0 spiro atoms. The second-order valence-corrected chi connectivity index (χ2v) is 6.46. The van der Waals surface area contributed by atoms with Gasteiger partial charge < -0.3 is 20.4 Å². The van der Waals surface area contributed by atoms with E-state index in [0.29, 0.717) is 25.6 Å². The molecular weight excluding hydrogens is 352 g/mol. The Bertz CT molecular complexity index is 948. The van der Waals surface area contributed by atoms with Crippen molar-refractivity contribution in [2.75, 3.05) is 13.1 Å².